The van der Waals surface area contributed by atoms with Crippen molar-refractivity contribution in [3.63, 3.8) is 0 Å². The fourth-order valence-electron chi connectivity index (χ4n) is 3.70. The first-order valence-corrected chi connectivity index (χ1v) is 13.1. The summed E-state index contributed by atoms with van der Waals surface area (Å²) in [5.41, 5.74) is 8.17. The van der Waals surface area contributed by atoms with E-state index in [0.717, 1.165) is 4.47 Å². The van der Waals surface area contributed by atoms with Gasteiger partial charge in [-0.05, 0) is 73.0 Å². The number of halogens is 1. The number of nitrogens with two attached hydrogens (primary N) is 1. The first-order valence-electron chi connectivity index (χ1n) is 12.3. The summed E-state index contributed by atoms with van der Waals surface area (Å²) < 4.78 is 17.9. The smallest absolute Gasteiger partial charge is 0.412 e. The molecule has 39 heavy (non-hydrogen) atoms. The highest BCUT2D eigenvalue weighted by Crippen LogP contribution is 2.29. The summed E-state index contributed by atoms with van der Waals surface area (Å²) >= 11 is 3.37. The number of hydrogen-bond donors (Lipinski definition) is 4. The second-order valence-corrected chi connectivity index (χ2v) is 9.34. The Bertz CT molecular complexity index is 1230. The Balaban J connectivity index is 1.68. The van der Waals surface area contributed by atoms with E-state index < -0.39 is 18.3 Å². The summed E-state index contributed by atoms with van der Waals surface area (Å²) in [4.78, 5) is 25.1. The summed E-state index contributed by atoms with van der Waals surface area (Å²) in [6, 6.07) is 21.2. The van der Waals surface area contributed by atoms with E-state index in [9.17, 15) is 9.59 Å². The van der Waals surface area contributed by atoms with E-state index in [-0.39, 0.29) is 19.1 Å². The van der Waals surface area contributed by atoms with Crippen molar-refractivity contribution in [2.75, 3.05) is 36.7 Å². The topological polar surface area (TPSA) is 132 Å². The summed E-state index contributed by atoms with van der Waals surface area (Å²) in [7, 11) is 1.54. The number of hydrogen-bond acceptors (Lipinski definition) is 7. The van der Waals surface area contributed by atoms with Crippen molar-refractivity contribution >= 4 is 45.0 Å². The quantitative estimate of drug-likeness (QED) is 0.147. The third-order valence-electron chi connectivity index (χ3n) is 5.64. The highest BCUT2D eigenvalue weighted by atomic mass is 79.9. The number of carbonyl (C=O) groups is 2. The monoisotopic (exact) mass is 597 g/mol. The Morgan fingerprint density at radius 1 is 1.03 bits per heavy atom. The number of allylic oxidation sites excluding steroid dienone is 1. The van der Waals surface area contributed by atoms with Crippen LogP contribution in [0.3, 0.4) is 0 Å². The average molecular weight is 598 g/mol. The molecule has 10 heteroatoms. The van der Waals surface area contributed by atoms with Gasteiger partial charge in [0.15, 0.2) is 6.10 Å². The number of nitrogens with one attached hydrogen (secondary N) is 2. The van der Waals surface area contributed by atoms with Crippen LogP contribution in [0.4, 0.5) is 21.9 Å². The highest BCUT2D eigenvalue weighted by molar-refractivity contribution is 9.10. The van der Waals surface area contributed by atoms with Crippen LogP contribution in [0.15, 0.2) is 89.4 Å². The summed E-state index contributed by atoms with van der Waals surface area (Å²) in [6.45, 7) is 0.0755. The SMILES string of the molecule is CO[C@@H](CC/C=C/C(=O)Nc1ccccc1N)[C@@H](OC(=O)Nc1ccc(Br)cc1)c1ccc(OCCO)cc1. The van der Waals surface area contributed by atoms with Crippen molar-refractivity contribution in [2.45, 2.75) is 25.0 Å². The largest absolute Gasteiger partial charge is 0.491 e. The number of para-hydroxylation sites is 2. The lowest BCUT2D eigenvalue weighted by Crippen LogP contribution is -2.28. The van der Waals surface area contributed by atoms with Gasteiger partial charge in [0.05, 0.1) is 24.1 Å². The number of aliphatic hydroxyl groups excluding tert-OH is 1. The van der Waals surface area contributed by atoms with Gasteiger partial charge in [-0.3, -0.25) is 10.1 Å². The maximum absolute atomic E-state index is 12.8. The zero-order valence-electron chi connectivity index (χ0n) is 21.5. The lowest BCUT2D eigenvalue weighted by atomic mass is 10.00. The molecule has 0 aromatic heterocycles. The first-order chi connectivity index (χ1) is 18.9. The Kier molecular flexibility index (Phi) is 11.8. The number of ether oxygens (including phenoxy) is 3. The molecule has 2 amide bonds. The third kappa shape index (κ3) is 9.75. The number of rotatable bonds is 13. The molecule has 206 valence electrons. The molecule has 0 bridgehead atoms. The van der Waals surface area contributed by atoms with Crippen LogP contribution in [-0.4, -0.2) is 43.5 Å². The second-order valence-electron chi connectivity index (χ2n) is 8.43. The number of benzene rings is 3. The van der Waals surface area contributed by atoms with E-state index in [2.05, 4.69) is 26.6 Å². The van der Waals surface area contributed by atoms with E-state index in [1.807, 2.05) is 12.1 Å². The molecule has 0 spiro atoms. The fourth-order valence-corrected chi connectivity index (χ4v) is 3.96. The third-order valence-corrected chi connectivity index (χ3v) is 6.17. The van der Waals surface area contributed by atoms with Crippen LogP contribution >= 0.6 is 15.9 Å². The molecule has 0 fully saturated rings. The number of amides is 2. The van der Waals surface area contributed by atoms with Gasteiger partial charge in [-0.25, -0.2) is 4.79 Å². The maximum atomic E-state index is 12.8. The molecular weight excluding hydrogens is 566 g/mol. The van der Waals surface area contributed by atoms with Crippen molar-refractivity contribution in [2.24, 2.45) is 0 Å². The van der Waals surface area contributed by atoms with E-state index in [1.54, 1.807) is 73.8 Å². The van der Waals surface area contributed by atoms with Crippen molar-refractivity contribution in [1.29, 1.82) is 0 Å². The van der Waals surface area contributed by atoms with Crippen LogP contribution in [0, 0.1) is 0 Å². The molecule has 0 aliphatic heterocycles. The Morgan fingerprint density at radius 2 is 1.74 bits per heavy atom. The fraction of sp³-hybridized carbons (Fsp3) is 0.241. The number of nitrogen functional groups attached to an aromatic ring is 1. The van der Waals surface area contributed by atoms with Gasteiger partial charge >= 0.3 is 6.09 Å². The van der Waals surface area contributed by atoms with Gasteiger partial charge in [0.1, 0.15) is 12.4 Å². The van der Waals surface area contributed by atoms with Crippen molar-refractivity contribution in [3.05, 3.63) is 95.0 Å². The van der Waals surface area contributed by atoms with Gasteiger partial charge < -0.3 is 30.4 Å². The van der Waals surface area contributed by atoms with E-state index >= 15 is 0 Å². The van der Waals surface area contributed by atoms with Crippen LogP contribution in [0.25, 0.3) is 0 Å². The molecule has 3 rings (SSSR count). The molecule has 2 atom stereocenters. The van der Waals surface area contributed by atoms with Crippen LogP contribution in [-0.2, 0) is 14.3 Å². The van der Waals surface area contributed by atoms with E-state index in [0.29, 0.717) is 41.2 Å². The zero-order valence-corrected chi connectivity index (χ0v) is 23.1. The standard InChI is InChI=1S/C29H32BrN3O6/c1-37-26(8-4-5-9-27(35)33-25-7-3-2-6-24(25)31)28(20-10-16-23(17-11-20)38-19-18-34)39-29(36)32-22-14-12-21(30)13-15-22/h2-3,5-7,9-17,26,28,34H,4,8,18-19,31H2,1H3,(H,32,36)(H,33,35)/b9-5+/t26-,28-/m0/s1. The lowest BCUT2D eigenvalue weighted by Gasteiger charge is -2.26. The molecule has 0 saturated carbocycles. The van der Waals surface area contributed by atoms with Crippen molar-refractivity contribution in [1.82, 2.24) is 0 Å². The molecule has 0 heterocycles. The summed E-state index contributed by atoms with van der Waals surface area (Å²) in [6.07, 6.45) is 2.22. The normalized spacial score (nSPS) is 12.5. The van der Waals surface area contributed by atoms with Crippen molar-refractivity contribution < 1.29 is 28.9 Å². The Hall–Kier alpha value is -3.86. The minimum absolute atomic E-state index is 0.0975. The van der Waals surface area contributed by atoms with E-state index in [1.165, 1.54) is 6.08 Å². The van der Waals surface area contributed by atoms with Crippen LogP contribution in [0.2, 0.25) is 0 Å². The Morgan fingerprint density at radius 3 is 2.41 bits per heavy atom. The first kappa shape index (κ1) is 29.7. The predicted octanol–water partition coefficient (Wildman–Crippen LogP) is 5.68. The molecule has 0 aliphatic carbocycles. The van der Waals surface area contributed by atoms with E-state index in [4.69, 9.17) is 25.1 Å². The van der Waals surface area contributed by atoms with Gasteiger partial charge in [0.2, 0.25) is 5.91 Å². The van der Waals surface area contributed by atoms with Crippen LogP contribution in [0.5, 0.6) is 5.75 Å². The number of aliphatic hydroxyl groups is 1. The zero-order chi connectivity index (χ0) is 28.0. The van der Waals surface area contributed by atoms with Gasteiger partial charge in [-0.15, -0.1) is 0 Å². The van der Waals surface area contributed by atoms with Gasteiger partial charge in [0, 0.05) is 17.3 Å². The molecule has 0 unspecified atom stereocenters. The minimum atomic E-state index is -0.747. The molecule has 0 saturated heterocycles. The molecule has 3 aromatic rings. The van der Waals surface area contributed by atoms with Crippen LogP contribution in [0.1, 0.15) is 24.5 Å². The Labute approximate surface area is 236 Å². The summed E-state index contributed by atoms with van der Waals surface area (Å²) in [5, 5.41) is 14.5. The highest BCUT2D eigenvalue weighted by Gasteiger charge is 2.27. The minimum Gasteiger partial charge on any atom is -0.491 e. The molecule has 0 radical (unpaired) electrons. The lowest BCUT2D eigenvalue weighted by molar-refractivity contribution is -0.111. The second kappa shape index (κ2) is 15.5. The predicted molar refractivity (Wildman–Crippen MR) is 155 cm³/mol. The van der Waals surface area contributed by atoms with Gasteiger partial charge in [0.25, 0.3) is 0 Å². The molecule has 5 N–H and O–H groups in total. The molecule has 0 aliphatic rings. The maximum Gasteiger partial charge on any atom is 0.412 e. The van der Waals surface area contributed by atoms with Crippen LogP contribution < -0.4 is 21.1 Å². The van der Waals surface area contributed by atoms with Gasteiger partial charge in [-0.1, -0.05) is 46.3 Å². The van der Waals surface area contributed by atoms with Crippen molar-refractivity contribution in [3.8, 4) is 5.75 Å². The van der Waals surface area contributed by atoms with Gasteiger partial charge in [-0.2, -0.15) is 0 Å². The molecule has 9 nitrogen and oxygen atoms in total. The molecular formula is C29H32BrN3O6. The number of anilines is 3. The number of carbonyl (C=O) groups excluding carboxylic acids is 2. The summed E-state index contributed by atoms with van der Waals surface area (Å²) in [5.74, 6) is 0.273. The number of methoxy groups -OCH3 is 1. The average Bonchev–Trinajstić information content (AvgIpc) is 2.94. The molecule has 3 aromatic carbocycles.